The molecule has 1 atom stereocenters. The van der Waals surface area contributed by atoms with E-state index >= 15 is 0 Å². The van der Waals surface area contributed by atoms with Gasteiger partial charge >= 0.3 is 0 Å². The van der Waals surface area contributed by atoms with Gasteiger partial charge in [0.05, 0.1) is 17.8 Å². The van der Waals surface area contributed by atoms with Gasteiger partial charge in [0.1, 0.15) is 5.75 Å². The molecule has 1 aromatic heterocycles. The van der Waals surface area contributed by atoms with Crippen LogP contribution < -0.4 is 4.74 Å². The molecule has 0 aliphatic heterocycles. The highest BCUT2D eigenvalue weighted by molar-refractivity contribution is 7.91. The second-order valence-corrected chi connectivity index (χ2v) is 9.59. The molecule has 0 aliphatic rings. The maximum absolute atomic E-state index is 12.3. The highest BCUT2D eigenvalue weighted by Crippen LogP contribution is 2.32. The number of methoxy groups -OCH3 is 1. The monoisotopic (exact) mass is 462 g/mol. The van der Waals surface area contributed by atoms with Crippen molar-refractivity contribution in [2.24, 2.45) is 0 Å². The number of aromatic nitrogens is 1. The zero-order chi connectivity index (χ0) is 21.7. The summed E-state index contributed by atoms with van der Waals surface area (Å²) < 4.78 is 30.1. The lowest BCUT2D eigenvalue weighted by Gasteiger charge is -2.27. The molecule has 0 aliphatic carbocycles. The molecule has 0 saturated heterocycles. The number of nitrogens with one attached hydrogen (secondary N) is 1. The molecule has 0 bridgehead atoms. The summed E-state index contributed by atoms with van der Waals surface area (Å²) in [5, 5.41) is 0. The summed E-state index contributed by atoms with van der Waals surface area (Å²) in [4.78, 5) is 6.15. The predicted octanol–water partition coefficient (Wildman–Crippen LogP) is 5.49. The fraction of sp³-hybridized carbons (Fsp3) is 0.333. The van der Waals surface area contributed by atoms with E-state index in [4.69, 9.17) is 4.74 Å². The van der Waals surface area contributed by atoms with Crippen LogP contribution in [0.5, 0.6) is 5.75 Å². The molecule has 0 amide bonds. The second kappa shape index (κ2) is 10.8. The molecule has 1 heterocycles. The first-order valence-electron chi connectivity index (χ1n) is 10.3. The van der Waals surface area contributed by atoms with Crippen LogP contribution in [0.1, 0.15) is 38.1 Å². The van der Waals surface area contributed by atoms with Crippen LogP contribution in [-0.4, -0.2) is 37.7 Å². The Morgan fingerprint density at radius 3 is 2.35 bits per heavy atom. The summed E-state index contributed by atoms with van der Waals surface area (Å²) in [7, 11) is -1.70. The van der Waals surface area contributed by atoms with Crippen LogP contribution in [-0.2, 0) is 16.4 Å². The fourth-order valence-electron chi connectivity index (χ4n) is 3.63. The lowest BCUT2D eigenvalue weighted by Crippen LogP contribution is -2.26. The largest absolute Gasteiger partial charge is 0.496 e. The van der Waals surface area contributed by atoms with E-state index in [1.54, 1.807) is 32.2 Å². The van der Waals surface area contributed by atoms with E-state index < -0.39 is 9.84 Å². The number of hydrogen-bond donors (Lipinski definition) is 1. The molecule has 3 aromatic rings. The van der Waals surface area contributed by atoms with E-state index in [9.17, 15) is 8.42 Å². The van der Waals surface area contributed by atoms with Crippen LogP contribution in [0.2, 0.25) is 0 Å². The van der Waals surface area contributed by atoms with Crippen LogP contribution in [0.15, 0.2) is 65.6 Å². The van der Waals surface area contributed by atoms with Crippen molar-refractivity contribution >= 4 is 22.2 Å². The number of aromatic amines is 1. The molecule has 5 nitrogen and oxygen atoms in total. The van der Waals surface area contributed by atoms with Crippen molar-refractivity contribution in [1.29, 1.82) is 0 Å². The number of H-pyrrole nitrogens is 1. The third-order valence-electron chi connectivity index (χ3n) is 5.56. The summed E-state index contributed by atoms with van der Waals surface area (Å²) in [5.74, 6) is 0.709. The normalized spacial score (nSPS) is 12.4. The van der Waals surface area contributed by atoms with Crippen molar-refractivity contribution < 1.29 is 13.2 Å². The Balaban J connectivity index is 0.00000341. The van der Waals surface area contributed by atoms with Gasteiger partial charge in [-0.3, -0.25) is 4.90 Å². The van der Waals surface area contributed by atoms with Crippen LogP contribution in [0.4, 0.5) is 0 Å². The first-order chi connectivity index (χ1) is 14.4. The highest BCUT2D eigenvalue weighted by atomic mass is 35.5. The third-order valence-corrected chi connectivity index (χ3v) is 7.29. The van der Waals surface area contributed by atoms with Gasteiger partial charge in [0.2, 0.25) is 0 Å². The third kappa shape index (κ3) is 5.70. The number of nitrogens with zero attached hydrogens (tertiary/aromatic N) is 1. The number of halogens is 1. The SMILES string of the molecule is CCN(Cc1ccc(-c2cc(S(=O)(=O)CC)ccc2OC)[nH]1)[C@@H](C)c1ccccc1.Cl. The number of benzene rings is 2. The van der Waals surface area contributed by atoms with Crippen molar-refractivity contribution in [2.45, 2.75) is 38.3 Å². The zero-order valence-corrected chi connectivity index (χ0v) is 20.1. The molecular formula is C24H31ClN2O3S. The first-order valence-corrected chi connectivity index (χ1v) is 11.9. The lowest BCUT2D eigenvalue weighted by atomic mass is 10.1. The van der Waals surface area contributed by atoms with Crippen molar-refractivity contribution in [3.05, 3.63) is 71.9 Å². The van der Waals surface area contributed by atoms with Gasteiger partial charge in [0, 0.05) is 29.5 Å². The van der Waals surface area contributed by atoms with Gasteiger partial charge in [0.25, 0.3) is 0 Å². The molecule has 0 fully saturated rings. The molecule has 168 valence electrons. The minimum Gasteiger partial charge on any atom is -0.496 e. The number of sulfone groups is 1. The molecule has 2 aromatic carbocycles. The molecule has 0 spiro atoms. The van der Waals surface area contributed by atoms with E-state index in [-0.39, 0.29) is 24.2 Å². The van der Waals surface area contributed by atoms with E-state index in [1.165, 1.54) is 5.56 Å². The van der Waals surface area contributed by atoms with Crippen molar-refractivity contribution in [2.75, 3.05) is 19.4 Å². The molecule has 0 unspecified atom stereocenters. The minimum atomic E-state index is -3.29. The average molecular weight is 463 g/mol. The molecule has 0 radical (unpaired) electrons. The molecule has 31 heavy (non-hydrogen) atoms. The maximum Gasteiger partial charge on any atom is 0.178 e. The highest BCUT2D eigenvalue weighted by Gasteiger charge is 2.18. The van der Waals surface area contributed by atoms with E-state index in [0.717, 1.165) is 30.0 Å². The number of rotatable bonds is 9. The van der Waals surface area contributed by atoms with Gasteiger partial charge in [-0.25, -0.2) is 8.42 Å². The summed E-state index contributed by atoms with van der Waals surface area (Å²) in [6.45, 7) is 7.70. The molecule has 3 rings (SSSR count). The predicted molar refractivity (Wildman–Crippen MR) is 129 cm³/mol. The Morgan fingerprint density at radius 2 is 1.74 bits per heavy atom. The van der Waals surface area contributed by atoms with Gasteiger partial charge in [-0.05, 0) is 49.4 Å². The Hall–Kier alpha value is -2.28. The van der Waals surface area contributed by atoms with E-state index in [0.29, 0.717) is 10.6 Å². The Kier molecular flexibility index (Phi) is 8.74. The minimum absolute atomic E-state index is 0. The second-order valence-electron chi connectivity index (χ2n) is 7.31. The van der Waals surface area contributed by atoms with Gasteiger partial charge < -0.3 is 9.72 Å². The Morgan fingerprint density at radius 1 is 1.03 bits per heavy atom. The quantitative estimate of drug-likeness (QED) is 0.456. The Labute approximate surface area is 191 Å². The van der Waals surface area contributed by atoms with Crippen molar-refractivity contribution in [3.8, 4) is 17.0 Å². The summed E-state index contributed by atoms with van der Waals surface area (Å²) >= 11 is 0. The maximum atomic E-state index is 12.3. The fourth-order valence-corrected chi connectivity index (χ4v) is 4.54. The van der Waals surface area contributed by atoms with Gasteiger partial charge in [-0.2, -0.15) is 0 Å². The van der Waals surface area contributed by atoms with E-state index in [1.807, 2.05) is 12.1 Å². The van der Waals surface area contributed by atoms with Gasteiger partial charge in [-0.15, -0.1) is 12.4 Å². The standard InChI is InChI=1S/C24H30N2O3S.ClH/c1-5-26(18(3)19-10-8-7-9-11-19)17-20-12-14-23(25-20)22-16-21(30(27,28)6-2)13-15-24(22)29-4;/h7-16,18,25H,5-6,17H2,1-4H3;1H/t18-;/m0./s1. The average Bonchev–Trinajstić information content (AvgIpc) is 3.25. The smallest absolute Gasteiger partial charge is 0.178 e. The molecule has 0 saturated carbocycles. The van der Waals surface area contributed by atoms with Crippen molar-refractivity contribution in [3.63, 3.8) is 0 Å². The van der Waals surface area contributed by atoms with Crippen LogP contribution in [0.3, 0.4) is 0 Å². The summed E-state index contributed by atoms with van der Waals surface area (Å²) in [6.07, 6.45) is 0. The first kappa shape index (κ1) is 25.0. The summed E-state index contributed by atoms with van der Waals surface area (Å²) in [5.41, 5.74) is 3.95. The topological polar surface area (TPSA) is 62.4 Å². The van der Waals surface area contributed by atoms with Gasteiger partial charge in [-0.1, -0.05) is 44.2 Å². The zero-order valence-electron chi connectivity index (χ0n) is 18.5. The van der Waals surface area contributed by atoms with Crippen LogP contribution >= 0.6 is 12.4 Å². The van der Waals surface area contributed by atoms with Crippen LogP contribution in [0.25, 0.3) is 11.3 Å². The molecular weight excluding hydrogens is 432 g/mol. The number of ether oxygens (including phenoxy) is 1. The summed E-state index contributed by atoms with van der Waals surface area (Å²) in [6, 6.07) is 19.8. The number of hydrogen-bond acceptors (Lipinski definition) is 4. The molecule has 7 heteroatoms. The van der Waals surface area contributed by atoms with Gasteiger partial charge in [0.15, 0.2) is 9.84 Å². The van der Waals surface area contributed by atoms with E-state index in [2.05, 4.69) is 54.1 Å². The van der Waals surface area contributed by atoms with Crippen LogP contribution in [0, 0.1) is 0 Å². The lowest BCUT2D eigenvalue weighted by molar-refractivity contribution is 0.211. The van der Waals surface area contributed by atoms with Crippen molar-refractivity contribution in [1.82, 2.24) is 9.88 Å². The molecule has 1 N–H and O–H groups in total. The Bertz CT molecular complexity index is 1080.